The number of morpholine rings is 1. The first-order valence-electron chi connectivity index (χ1n) is 8.08. The van der Waals surface area contributed by atoms with Gasteiger partial charge in [-0.05, 0) is 38.8 Å². The van der Waals surface area contributed by atoms with Crippen LogP contribution in [0, 0.1) is 0 Å². The van der Waals surface area contributed by atoms with Crippen LogP contribution in [0.5, 0.6) is 5.75 Å². The number of nitrogens with zero attached hydrogens (tertiary/aromatic N) is 1. The minimum absolute atomic E-state index is 0.175. The fraction of sp³-hybridized carbons (Fsp3) is 0.647. The molecule has 0 radical (unpaired) electrons. The standard InChI is InChI=1S/C17H26N2O2/c1-13(2)19-9-10-20-14(11-19)12-21-17-7-3-6-16-15(17)5-4-8-18-16/h3,6-7,13-14,18H,4-5,8-12H2,1-2H3. The fourth-order valence-corrected chi connectivity index (χ4v) is 3.11. The van der Waals surface area contributed by atoms with Crippen LogP contribution >= 0.6 is 0 Å². The van der Waals surface area contributed by atoms with Crippen molar-refractivity contribution in [3.05, 3.63) is 23.8 Å². The minimum Gasteiger partial charge on any atom is -0.490 e. The molecule has 4 nitrogen and oxygen atoms in total. The lowest BCUT2D eigenvalue weighted by molar-refractivity contribution is -0.0565. The van der Waals surface area contributed by atoms with E-state index in [-0.39, 0.29) is 6.10 Å². The van der Waals surface area contributed by atoms with Crippen LogP contribution < -0.4 is 10.1 Å². The average Bonchev–Trinajstić information content (AvgIpc) is 2.53. The van der Waals surface area contributed by atoms with Gasteiger partial charge in [0.15, 0.2) is 0 Å². The fourth-order valence-electron chi connectivity index (χ4n) is 3.11. The Morgan fingerprint density at radius 3 is 3.19 bits per heavy atom. The summed E-state index contributed by atoms with van der Waals surface area (Å²) in [7, 11) is 0. The second-order valence-electron chi connectivity index (χ2n) is 6.21. The van der Waals surface area contributed by atoms with Crippen LogP contribution in [-0.2, 0) is 11.2 Å². The van der Waals surface area contributed by atoms with Gasteiger partial charge in [-0.1, -0.05) is 6.07 Å². The molecule has 1 N–H and O–H groups in total. The molecule has 116 valence electrons. The van der Waals surface area contributed by atoms with E-state index >= 15 is 0 Å². The zero-order valence-electron chi connectivity index (χ0n) is 13.1. The summed E-state index contributed by atoms with van der Waals surface area (Å²) < 4.78 is 11.9. The summed E-state index contributed by atoms with van der Waals surface area (Å²) in [6.45, 7) is 8.97. The van der Waals surface area contributed by atoms with Gasteiger partial charge in [-0.25, -0.2) is 0 Å². The molecule has 0 amide bonds. The first-order chi connectivity index (χ1) is 10.2. The molecule has 2 aliphatic heterocycles. The quantitative estimate of drug-likeness (QED) is 0.924. The van der Waals surface area contributed by atoms with Crippen molar-refractivity contribution < 1.29 is 9.47 Å². The van der Waals surface area contributed by atoms with E-state index in [0.717, 1.165) is 38.4 Å². The van der Waals surface area contributed by atoms with E-state index in [1.807, 2.05) is 0 Å². The Morgan fingerprint density at radius 2 is 2.33 bits per heavy atom. The Labute approximate surface area is 127 Å². The first kappa shape index (κ1) is 14.7. The third-order valence-electron chi connectivity index (χ3n) is 4.38. The van der Waals surface area contributed by atoms with Crippen molar-refractivity contribution in [1.82, 2.24) is 4.90 Å². The summed E-state index contributed by atoms with van der Waals surface area (Å²) >= 11 is 0. The molecular formula is C17H26N2O2. The zero-order valence-corrected chi connectivity index (χ0v) is 13.1. The van der Waals surface area contributed by atoms with Gasteiger partial charge in [-0.3, -0.25) is 4.90 Å². The maximum atomic E-state index is 6.08. The van der Waals surface area contributed by atoms with Gasteiger partial charge in [0.1, 0.15) is 18.5 Å². The number of nitrogens with one attached hydrogen (secondary N) is 1. The summed E-state index contributed by atoms with van der Waals surface area (Å²) in [5.41, 5.74) is 2.55. The molecule has 2 aliphatic rings. The second-order valence-corrected chi connectivity index (χ2v) is 6.21. The molecule has 1 atom stereocenters. The lowest BCUT2D eigenvalue weighted by Crippen LogP contribution is -2.47. The summed E-state index contributed by atoms with van der Waals surface area (Å²) in [4.78, 5) is 2.46. The third kappa shape index (κ3) is 3.50. The van der Waals surface area contributed by atoms with Gasteiger partial charge in [-0.15, -0.1) is 0 Å². The van der Waals surface area contributed by atoms with Gasteiger partial charge in [0.05, 0.1) is 6.61 Å². The lowest BCUT2D eigenvalue weighted by Gasteiger charge is -2.35. The van der Waals surface area contributed by atoms with Crippen molar-refractivity contribution >= 4 is 5.69 Å². The molecule has 0 aromatic heterocycles. The number of rotatable bonds is 4. The van der Waals surface area contributed by atoms with E-state index in [1.165, 1.54) is 17.7 Å². The molecule has 0 aliphatic carbocycles. The van der Waals surface area contributed by atoms with Crippen molar-refractivity contribution in [1.29, 1.82) is 0 Å². The Hall–Kier alpha value is -1.26. The maximum Gasteiger partial charge on any atom is 0.124 e. The number of ether oxygens (including phenoxy) is 2. The van der Waals surface area contributed by atoms with Gasteiger partial charge >= 0.3 is 0 Å². The molecule has 0 spiro atoms. The Morgan fingerprint density at radius 1 is 1.43 bits per heavy atom. The highest BCUT2D eigenvalue weighted by Crippen LogP contribution is 2.30. The van der Waals surface area contributed by atoms with Crippen molar-refractivity contribution in [2.45, 2.75) is 38.8 Å². The largest absolute Gasteiger partial charge is 0.490 e. The molecule has 0 bridgehead atoms. The predicted molar refractivity (Wildman–Crippen MR) is 85.2 cm³/mol. The van der Waals surface area contributed by atoms with E-state index in [9.17, 15) is 0 Å². The summed E-state index contributed by atoms with van der Waals surface area (Å²) in [6.07, 6.45) is 2.45. The molecule has 4 heteroatoms. The zero-order chi connectivity index (χ0) is 14.7. The molecule has 1 aromatic rings. The Kier molecular flexibility index (Phi) is 4.66. The van der Waals surface area contributed by atoms with Crippen molar-refractivity contribution in [2.24, 2.45) is 0 Å². The summed E-state index contributed by atoms with van der Waals surface area (Å²) in [6, 6.07) is 6.85. The van der Waals surface area contributed by atoms with Crippen LogP contribution in [-0.4, -0.2) is 49.9 Å². The number of benzene rings is 1. The number of anilines is 1. The normalized spacial score (nSPS) is 22.7. The molecule has 21 heavy (non-hydrogen) atoms. The van der Waals surface area contributed by atoms with Crippen molar-refractivity contribution in [2.75, 3.05) is 38.2 Å². The van der Waals surface area contributed by atoms with Crippen LogP contribution in [0.25, 0.3) is 0 Å². The van der Waals surface area contributed by atoms with Crippen LogP contribution in [0.3, 0.4) is 0 Å². The Bertz CT molecular complexity index is 476. The van der Waals surface area contributed by atoms with Crippen molar-refractivity contribution in [3.63, 3.8) is 0 Å². The van der Waals surface area contributed by atoms with E-state index < -0.39 is 0 Å². The van der Waals surface area contributed by atoms with Gasteiger partial charge in [0, 0.05) is 36.9 Å². The molecule has 1 saturated heterocycles. The maximum absolute atomic E-state index is 6.08. The number of fused-ring (bicyclic) bond motifs is 1. The summed E-state index contributed by atoms with van der Waals surface area (Å²) in [5, 5.41) is 3.44. The van der Waals surface area contributed by atoms with E-state index in [0.29, 0.717) is 12.6 Å². The Balaban J connectivity index is 1.60. The van der Waals surface area contributed by atoms with Crippen LogP contribution in [0.4, 0.5) is 5.69 Å². The monoisotopic (exact) mass is 290 g/mol. The molecule has 1 aromatic carbocycles. The highest BCUT2D eigenvalue weighted by atomic mass is 16.5. The smallest absolute Gasteiger partial charge is 0.124 e. The van der Waals surface area contributed by atoms with Gasteiger partial charge in [-0.2, -0.15) is 0 Å². The number of hydrogen-bond acceptors (Lipinski definition) is 4. The van der Waals surface area contributed by atoms with E-state index in [1.54, 1.807) is 0 Å². The average molecular weight is 290 g/mol. The predicted octanol–water partition coefficient (Wildman–Crippen LogP) is 2.53. The van der Waals surface area contributed by atoms with Crippen LogP contribution in [0.15, 0.2) is 18.2 Å². The highest BCUT2D eigenvalue weighted by molar-refractivity contribution is 5.59. The van der Waals surface area contributed by atoms with Crippen molar-refractivity contribution in [3.8, 4) is 5.75 Å². The SMILES string of the molecule is CC(C)N1CCOC(COc2cccc3c2CCCN3)C1. The molecule has 1 fully saturated rings. The van der Waals surface area contributed by atoms with Gasteiger partial charge in [0.2, 0.25) is 0 Å². The molecular weight excluding hydrogens is 264 g/mol. The lowest BCUT2D eigenvalue weighted by atomic mass is 10.0. The van der Waals surface area contributed by atoms with E-state index in [2.05, 4.69) is 42.3 Å². The first-order valence-corrected chi connectivity index (χ1v) is 8.08. The van der Waals surface area contributed by atoms with Gasteiger partial charge in [0.25, 0.3) is 0 Å². The van der Waals surface area contributed by atoms with Crippen LogP contribution in [0.1, 0.15) is 25.8 Å². The minimum atomic E-state index is 0.175. The molecule has 2 heterocycles. The van der Waals surface area contributed by atoms with Gasteiger partial charge < -0.3 is 14.8 Å². The number of hydrogen-bond donors (Lipinski definition) is 1. The summed E-state index contributed by atoms with van der Waals surface area (Å²) in [5.74, 6) is 1.02. The molecule has 1 unspecified atom stereocenters. The second kappa shape index (κ2) is 6.67. The third-order valence-corrected chi connectivity index (χ3v) is 4.38. The van der Waals surface area contributed by atoms with E-state index in [4.69, 9.17) is 9.47 Å². The highest BCUT2D eigenvalue weighted by Gasteiger charge is 2.23. The molecule has 0 saturated carbocycles. The topological polar surface area (TPSA) is 33.7 Å². The molecule has 3 rings (SSSR count). The van der Waals surface area contributed by atoms with Crippen LogP contribution in [0.2, 0.25) is 0 Å².